The summed E-state index contributed by atoms with van der Waals surface area (Å²) in [6.45, 7) is 3.03. The summed E-state index contributed by atoms with van der Waals surface area (Å²) in [6.07, 6.45) is 0. The SMILES string of the molecule is Cc1c(N)n[nH]c1COCc1ccccc1. The highest BCUT2D eigenvalue weighted by molar-refractivity contribution is 5.40. The predicted octanol–water partition coefficient (Wildman–Crippen LogP) is 2.02. The van der Waals surface area contributed by atoms with E-state index in [1.54, 1.807) is 0 Å². The molecule has 0 aliphatic carbocycles. The fraction of sp³-hybridized carbons (Fsp3) is 0.250. The first-order valence-electron chi connectivity index (χ1n) is 5.18. The number of aromatic nitrogens is 2. The molecule has 0 aliphatic rings. The Bertz CT molecular complexity index is 451. The van der Waals surface area contributed by atoms with Crippen LogP contribution in [0.15, 0.2) is 30.3 Å². The smallest absolute Gasteiger partial charge is 0.148 e. The highest BCUT2D eigenvalue weighted by atomic mass is 16.5. The molecule has 0 aliphatic heterocycles. The molecule has 16 heavy (non-hydrogen) atoms. The Morgan fingerprint density at radius 3 is 2.62 bits per heavy atom. The van der Waals surface area contributed by atoms with E-state index in [4.69, 9.17) is 10.5 Å². The second-order valence-electron chi connectivity index (χ2n) is 3.69. The second-order valence-corrected chi connectivity index (χ2v) is 3.69. The van der Waals surface area contributed by atoms with Crippen LogP contribution in [-0.4, -0.2) is 10.2 Å². The molecule has 4 heteroatoms. The quantitative estimate of drug-likeness (QED) is 0.823. The molecule has 2 aromatic rings. The van der Waals surface area contributed by atoms with Gasteiger partial charge in [-0.2, -0.15) is 5.10 Å². The molecule has 1 heterocycles. The van der Waals surface area contributed by atoms with Gasteiger partial charge in [0.25, 0.3) is 0 Å². The van der Waals surface area contributed by atoms with E-state index in [9.17, 15) is 0 Å². The van der Waals surface area contributed by atoms with E-state index in [0.717, 1.165) is 16.8 Å². The van der Waals surface area contributed by atoms with Crippen molar-refractivity contribution >= 4 is 5.82 Å². The minimum absolute atomic E-state index is 0.505. The average molecular weight is 217 g/mol. The van der Waals surface area contributed by atoms with E-state index in [1.165, 1.54) is 0 Å². The van der Waals surface area contributed by atoms with Gasteiger partial charge >= 0.3 is 0 Å². The van der Waals surface area contributed by atoms with Gasteiger partial charge in [0.2, 0.25) is 0 Å². The zero-order valence-corrected chi connectivity index (χ0v) is 9.23. The molecule has 2 rings (SSSR count). The lowest BCUT2D eigenvalue weighted by Gasteiger charge is -2.03. The molecule has 1 aromatic heterocycles. The number of hydrogen-bond donors (Lipinski definition) is 2. The zero-order valence-electron chi connectivity index (χ0n) is 9.23. The highest BCUT2D eigenvalue weighted by Crippen LogP contribution is 2.12. The first-order valence-corrected chi connectivity index (χ1v) is 5.18. The number of nitrogens with one attached hydrogen (secondary N) is 1. The number of nitrogen functional groups attached to an aromatic ring is 1. The van der Waals surface area contributed by atoms with Crippen molar-refractivity contribution in [1.82, 2.24) is 10.2 Å². The van der Waals surface area contributed by atoms with Gasteiger partial charge < -0.3 is 10.5 Å². The van der Waals surface area contributed by atoms with Crippen LogP contribution in [0, 0.1) is 6.92 Å². The van der Waals surface area contributed by atoms with Crippen LogP contribution in [0.1, 0.15) is 16.8 Å². The van der Waals surface area contributed by atoms with E-state index in [0.29, 0.717) is 19.0 Å². The van der Waals surface area contributed by atoms with Gasteiger partial charge in [0.1, 0.15) is 5.82 Å². The predicted molar refractivity (Wildman–Crippen MR) is 62.7 cm³/mol. The monoisotopic (exact) mass is 217 g/mol. The number of nitrogens with two attached hydrogens (primary N) is 1. The summed E-state index contributed by atoms with van der Waals surface area (Å²) in [5, 5.41) is 6.77. The van der Waals surface area contributed by atoms with E-state index in [1.807, 2.05) is 37.3 Å². The third kappa shape index (κ3) is 2.41. The van der Waals surface area contributed by atoms with Gasteiger partial charge in [-0.3, -0.25) is 5.10 Å². The Kier molecular flexibility index (Phi) is 3.22. The standard InChI is InChI=1S/C12H15N3O/c1-9-11(14-15-12(9)13)8-16-7-10-5-3-2-4-6-10/h2-6H,7-8H2,1H3,(H3,13,14,15). The number of benzene rings is 1. The van der Waals surface area contributed by atoms with E-state index >= 15 is 0 Å². The van der Waals surface area contributed by atoms with Crippen LogP contribution in [0.3, 0.4) is 0 Å². The second kappa shape index (κ2) is 4.81. The third-order valence-electron chi connectivity index (χ3n) is 2.51. The molecular formula is C12H15N3O. The lowest BCUT2D eigenvalue weighted by Crippen LogP contribution is -1.96. The van der Waals surface area contributed by atoms with Gasteiger partial charge in [0.05, 0.1) is 18.9 Å². The molecular weight excluding hydrogens is 202 g/mol. The molecule has 0 saturated heterocycles. The number of ether oxygens (including phenoxy) is 1. The maximum atomic E-state index is 5.63. The Morgan fingerprint density at radius 2 is 2.00 bits per heavy atom. The fourth-order valence-corrected chi connectivity index (χ4v) is 1.44. The van der Waals surface area contributed by atoms with Crippen LogP contribution < -0.4 is 5.73 Å². The number of nitrogens with zero attached hydrogens (tertiary/aromatic N) is 1. The Balaban J connectivity index is 1.87. The topological polar surface area (TPSA) is 63.9 Å². The van der Waals surface area contributed by atoms with Crippen molar-refractivity contribution in [2.75, 3.05) is 5.73 Å². The fourth-order valence-electron chi connectivity index (χ4n) is 1.44. The molecule has 0 saturated carbocycles. The molecule has 3 N–H and O–H groups in total. The first kappa shape index (κ1) is 10.7. The van der Waals surface area contributed by atoms with Crippen molar-refractivity contribution < 1.29 is 4.74 Å². The summed E-state index contributed by atoms with van der Waals surface area (Å²) in [5.41, 5.74) is 8.69. The van der Waals surface area contributed by atoms with E-state index < -0.39 is 0 Å². The molecule has 0 bridgehead atoms. The van der Waals surface area contributed by atoms with Crippen LogP contribution >= 0.6 is 0 Å². The largest absolute Gasteiger partial charge is 0.382 e. The Hall–Kier alpha value is -1.81. The number of aromatic amines is 1. The molecule has 84 valence electrons. The van der Waals surface area contributed by atoms with Crippen LogP contribution in [0.5, 0.6) is 0 Å². The van der Waals surface area contributed by atoms with Crippen LogP contribution in [-0.2, 0) is 18.0 Å². The van der Waals surface area contributed by atoms with E-state index in [-0.39, 0.29) is 0 Å². The normalized spacial score (nSPS) is 10.6. The molecule has 0 atom stereocenters. The Morgan fingerprint density at radius 1 is 1.25 bits per heavy atom. The van der Waals surface area contributed by atoms with Gasteiger partial charge in [0, 0.05) is 5.56 Å². The lowest BCUT2D eigenvalue weighted by atomic mass is 10.2. The lowest BCUT2D eigenvalue weighted by molar-refractivity contribution is 0.104. The number of anilines is 1. The third-order valence-corrected chi connectivity index (χ3v) is 2.51. The summed E-state index contributed by atoms with van der Waals surface area (Å²) >= 11 is 0. The van der Waals surface area contributed by atoms with Gasteiger partial charge in [-0.15, -0.1) is 0 Å². The maximum Gasteiger partial charge on any atom is 0.148 e. The van der Waals surface area contributed by atoms with Crippen molar-refractivity contribution in [1.29, 1.82) is 0 Å². The molecule has 4 nitrogen and oxygen atoms in total. The number of H-pyrrole nitrogens is 1. The minimum Gasteiger partial charge on any atom is -0.382 e. The molecule has 0 fully saturated rings. The highest BCUT2D eigenvalue weighted by Gasteiger charge is 2.05. The molecule has 0 spiro atoms. The van der Waals surface area contributed by atoms with Crippen molar-refractivity contribution in [3.05, 3.63) is 47.2 Å². The minimum atomic E-state index is 0.505. The summed E-state index contributed by atoms with van der Waals surface area (Å²) in [7, 11) is 0. The van der Waals surface area contributed by atoms with Gasteiger partial charge in [0.15, 0.2) is 0 Å². The van der Waals surface area contributed by atoms with Crippen molar-refractivity contribution in [2.24, 2.45) is 0 Å². The molecule has 1 aromatic carbocycles. The summed E-state index contributed by atoms with van der Waals surface area (Å²) in [5.74, 6) is 0.540. The van der Waals surface area contributed by atoms with Crippen LogP contribution in [0.2, 0.25) is 0 Å². The number of hydrogen-bond acceptors (Lipinski definition) is 3. The first-order chi connectivity index (χ1) is 7.77. The van der Waals surface area contributed by atoms with Crippen LogP contribution in [0.25, 0.3) is 0 Å². The van der Waals surface area contributed by atoms with Crippen molar-refractivity contribution in [3.63, 3.8) is 0 Å². The van der Waals surface area contributed by atoms with Crippen molar-refractivity contribution in [2.45, 2.75) is 20.1 Å². The van der Waals surface area contributed by atoms with Gasteiger partial charge in [-0.05, 0) is 12.5 Å². The van der Waals surface area contributed by atoms with Gasteiger partial charge in [-0.1, -0.05) is 30.3 Å². The molecule has 0 unspecified atom stereocenters. The molecule has 0 radical (unpaired) electrons. The summed E-state index contributed by atoms with van der Waals surface area (Å²) in [6, 6.07) is 10.1. The van der Waals surface area contributed by atoms with E-state index in [2.05, 4.69) is 10.2 Å². The van der Waals surface area contributed by atoms with Crippen LogP contribution in [0.4, 0.5) is 5.82 Å². The number of rotatable bonds is 4. The Labute approximate surface area is 94.4 Å². The van der Waals surface area contributed by atoms with Crippen molar-refractivity contribution in [3.8, 4) is 0 Å². The molecule has 0 amide bonds. The maximum absolute atomic E-state index is 5.63. The van der Waals surface area contributed by atoms with Gasteiger partial charge in [-0.25, -0.2) is 0 Å². The summed E-state index contributed by atoms with van der Waals surface area (Å²) in [4.78, 5) is 0. The zero-order chi connectivity index (χ0) is 11.4. The summed E-state index contributed by atoms with van der Waals surface area (Å²) < 4.78 is 5.57. The average Bonchev–Trinajstić information content (AvgIpc) is 2.62.